The zero-order valence-corrected chi connectivity index (χ0v) is 10.2. The molecule has 0 fully saturated rings. The first-order valence-electron chi connectivity index (χ1n) is 5.38. The summed E-state index contributed by atoms with van der Waals surface area (Å²) in [7, 11) is 0. The third kappa shape index (κ3) is 2.69. The van der Waals surface area contributed by atoms with Crippen LogP contribution in [0.1, 0.15) is 26.3 Å². The van der Waals surface area contributed by atoms with E-state index in [9.17, 15) is 4.79 Å². The number of carbonyl (C=O) groups excluding carboxylic acids is 1. The molecule has 0 heterocycles. The Kier molecular flexibility index (Phi) is 3.83. The minimum Gasteiger partial charge on any atom is -0.295 e. The molecule has 1 atom stereocenters. The largest absolute Gasteiger partial charge is 0.295 e. The van der Waals surface area contributed by atoms with Crippen molar-refractivity contribution in [2.24, 2.45) is 0 Å². The molecule has 0 aromatic heterocycles. The fraction of sp³-hybridized carbons (Fsp3) is 0.267. The highest BCUT2D eigenvalue weighted by atomic mass is 16.1. The van der Waals surface area contributed by atoms with E-state index in [1.807, 2.05) is 31.2 Å². The van der Waals surface area contributed by atoms with Crippen LogP contribution in [0.25, 0.3) is 0 Å². The molecule has 0 N–H and O–H groups in total. The van der Waals surface area contributed by atoms with Crippen molar-refractivity contribution in [1.82, 2.24) is 0 Å². The predicted octanol–water partition coefficient (Wildman–Crippen LogP) is 3.67. The van der Waals surface area contributed by atoms with E-state index < -0.39 is 0 Å². The summed E-state index contributed by atoms with van der Waals surface area (Å²) >= 11 is 0. The van der Waals surface area contributed by atoms with Gasteiger partial charge in [-0.3, -0.25) is 4.79 Å². The predicted molar refractivity (Wildman–Crippen MR) is 68.4 cm³/mol. The van der Waals surface area contributed by atoms with Crippen molar-refractivity contribution < 1.29 is 4.79 Å². The lowest BCUT2D eigenvalue weighted by Crippen LogP contribution is -2.20. The fourth-order valence-corrected chi connectivity index (χ4v) is 1.55. The van der Waals surface area contributed by atoms with Crippen LogP contribution in [0.3, 0.4) is 0 Å². The van der Waals surface area contributed by atoms with Crippen LogP contribution in [-0.4, -0.2) is 5.78 Å². The maximum atomic E-state index is 11.0. The van der Waals surface area contributed by atoms with E-state index >= 15 is 0 Å². The second kappa shape index (κ2) is 4.93. The lowest BCUT2D eigenvalue weighted by atomic mass is 9.77. The summed E-state index contributed by atoms with van der Waals surface area (Å²) in [5, 5.41) is 0. The zero-order valence-electron chi connectivity index (χ0n) is 10.2. The summed E-state index contributed by atoms with van der Waals surface area (Å²) in [6.45, 7) is 9.63. The topological polar surface area (TPSA) is 17.1 Å². The van der Waals surface area contributed by atoms with E-state index in [0.29, 0.717) is 0 Å². The average molecular weight is 214 g/mol. The molecule has 0 saturated carbocycles. The quantitative estimate of drug-likeness (QED) is 0.552. The van der Waals surface area contributed by atoms with Crippen LogP contribution in [0.5, 0.6) is 0 Å². The Morgan fingerprint density at radius 1 is 1.25 bits per heavy atom. The summed E-state index contributed by atoms with van der Waals surface area (Å²) in [4.78, 5) is 11.0. The van der Waals surface area contributed by atoms with Gasteiger partial charge < -0.3 is 0 Å². The minimum atomic E-state index is -0.271. The Hall–Kier alpha value is -1.63. The molecule has 1 heteroatoms. The summed E-state index contributed by atoms with van der Waals surface area (Å²) in [5.41, 5.74) is 1.91. The Labute approximate surface area is 97.5 Å². The van der Waals surface area contributed by atoms with Crippen molar-refractivity contribution >= 4 is 5.78 Å². The second-order valence-corrected chi connectivity index (χ2v) is 4.29. The van der Waals surface area contributed by atoms with Crippen LogP contribution in [0.15, 0.2) is 54.6 Å². The van der Waals surface area contributed by atoms with E-state index in [0.717, 1.165) is 11.1 Å². The molecular formula is C15H18O. The van der Waals surface area contributed by atoms with E-state index in [4.69, 9.17) is 0 Å². The van der Waals surface area contributed by atoms with Gasteiger partial charge in [0.15, 0.2) is 5.78 Å². The SMILES string of the molecule is C=C(C)C(C)(/C=C\C(C)=O)c1ccccc1. The maximum Gasteiger partial charge on any atom is 0.152 e. The third-order valence-electron chi connectivity index (χ3n) is 2.91. The Morgan fingerprint density at radius 2 is 1.81 bits per heavy atom. The molecular weight excluding hydrogens is 196 g/mol. The second-order valence-electron chi connectivity index (χ2n) is 4.29. The van der Waals surface area contributed by atoms with E-state index in [2.05, 4.69) is 25.6 Å². The molecule has 0 aliphatic carbocycles. The minimum absolute atomic E-state index is 0.0587. The van der Waals surface area contributed by atoms with Crippen molar-refractivity contribution in [3.63, 3.8) is 0 Å². The number of ketones is 1. The molecule has 16 heavy (non-hydrogen) atoms. The lowest BCUT2D eigenvalue weighted by molar-refractivity contribution is -0.112. The maximum absolute atomic E-state index is 11.0. The van der Waals surface area contributed by atoms with Crippen molar-refractivity contribution in [2.75, 3.05) is 0 Å². The Balaban J connectivity index is 3.17. The van der Waals surface area contributed by atoms with E-state index in [-0.39, 0.29) is 11.2 Å². The number of hydrogen-bond donors (Lipinski definition) is 0. The highest BCUT2D eigenvalue weighted by Crippen LogP contribution is 2.32. The summed E-state index contributed by atoms with van der Waals surface area (Å²) in [6, 6.07) is 10.1. The van der Waals surface area contributed by atoms with Gasteiger partial charge in [-0.1, -0.05) is 48.6 Å². The van der Waals surface area contributed by atoms with Crippen molar-refractivity contribution in [1.29, 1.82) is 0 Å². The number of allylic oxidation sites excluding steroid dienone is 3. The van der Waals surface area contributed by atoms with Gasteiger partial charge in [-0.15, -0.1) is 0 Å². The molecule has 0 aliphatic rings. The van der Waals surface area contributed by atoms with Gasteiger partial charge >= 0.3 is 0 Å². The highest BCUT2D eigenvalue weighted by molar-refractivity contribution is 5.87. The Bertz CT molecular complexity index is 414. The summed E-state index contributed by atoms with van der Waals surface area (Å²) in [5.74, 6) is 0.0587. The lowest BCUT2D eigenvalue weighted by Gasteiger charge is -2.27. The molecule has 0 amide bonds. The summed E-state index contributed by atoms with van der Waals surface area (Å²) < 4.78 is 0. The smallest absolute Gasteiger partial charge is 0.152 e. The van der Waals surface area contributed by atoms with Crippen LogP contribution >= 0.6 is 0 Å². The van der Waals surface area contributed by atoms with Gasteiger partial charge in [-0.05, 0) is 32.4 Å². The normalized spacial score (nSPS) is 14.7. The standard InChI is InChI=1S/C15H18O/c1-12(2)15(4,11-10-13(3)16)14-8-6-5-7-9-14/h5-11H,1H2,2-4H3/b11-10-. The first-order valence-corrected chi connectivity index (χ1v) is 5.38. The van der Waals surface area contributed by atoms with Crippen molar-refractivity contribution in [3.05, 3.63) is 60.2 Å². The third-order valence-corrected chi connectivity index (χ3v) is 2.91. The van der Waals surface area contributed by atoms with Crippen molar-refractivity contribution in [2.45, 2.75) is 26.2 Å². The van der Waals surface area contributed by atoms with Gasteiger partial charge in [0, 0.05) is 5.41 Å². The molecule has 0 saturated heterocycles. The summed E-state index contributed by atoms with van der Waals surface area (Å²) in [6.07, 6.45) is 3.54. The molecule has 0 spiro atoms. The highest BCUT2D eigenvalue weighted by Gasteiger charge is 2.23. The van der Waals surface area contributed by atoms with E-state index in [1.54, 1.807) is 13.0 Å². The van der Waals surface area contributed by atoms with Gasteiger partial charge in [0.2, 0.25) is 0 Å². The van der Waals surface area contributed by atoms with E-state index in [1.165, 1.54) is 0 Å². The molecule has 1 nitrogen and oxygen atoms in total. The van der Waals surface area contributed by atoms with Gasteiger partial charge in [0.05, 0.1) is 0 Å². The molecule has 1 unspecified atom stereocenters. The van der Waals surface area contributed by atoms with Crippen LogP contribution in [-0.2, 0) is 10.2 Å². The molecule has 0 bridgehead atoms. The van der Waals surface area contributed by atoms with Gasteiger partial charge in [-0.2, -0.15) is 0 Å². The first kappa shape index (κ1) is 12.4. The van der Waals surface area contributed by atoms with Crippen LogP contribution in [0.2, 0.25) is 0 Å². The number of benzene rings is 1. The molecule has 0 radical (unpaired) electrons. The molecule has 1 aromatic rings. The van der Waals surface area contributed by atoms with Crippen molar-refractivity contribution in [3.8, 4) is 0 Å². The van der Waals surface area contributed by atoms with Gasteiger partial charge in [-0.25, -0.2) is 0 Å². The number of hydrogen-bond acceptors (Lipinski definition) is 1. The number of carbonyl (C=O) groups is 1. The molecule has 84 valence electrons. The zero-order chi connectivity index (χ0) is 12.2. The van der Waals surface area contributed by atoms with Crippen LogP contribution in [0.4, 0.5) is 0 Å². The van der Waals surface area contributed by atoms with Gasteiger partial charge in [0.25, 0.3) is 0 Å². The first-order chi connectivity index (χ1) is 7.47. The average Bonchev–Trinajstić information content (AvgIpc) is 2.26. The monoisotopic (exact) mass is 214 g/mol. The number of rotatable bonds is 4. The van der Waals surface area contributed by atoms with Crippen LogP contribution in [0, 0.1) is 0 Å². The molecule has 0 aliphatic heterocycles. The van der Waals surface area contributed by atoms with Crippen LogP contribution < -0.4 is 0 Å². The Morgan fingerprint density at radius 3 is 2.25 bits per heavy atom. The molecule has 1 rings (SSSR count). The van der Waals surface area contributed by atoms with Gasteiger partial charge in [0.1, 0.15) is 0 Å². The fourth-order valence-electron chi connectivity index (χ4n) is 1.55. The molecule has 1 aromatic carbocycles.